The first-order valence-electron chi connectivity index (χ1n) is 6.90. The molecule has 2 aromatic heterocycles. The second-order valence-electron chi connectivity index (χ2n) is 4.85. The molecule has 3 heterocycles. The zero-order chi connectivity index (χ0) is 15.8. The number of benzene rings is 1. The minimum absolute atomic E-state index is 0.289. The highest BCUT2D eigenvalue weighted by atomic mass is 32.1. The van der Waals surface area contributed by atoms with Crippen LogP contribution >= 0.6 is 23.6 Å². The van der Waals surface area contributed by atoms with Crippen LogP contribution in [0.25, 0.3) is 10.2 Å². The summed E-state index contributed by atoms with van der Waals surface area (Å²) in [5, 5.41) is 3.28. The number of carbonyl (C=O) groups excluding carboxylic acids is 1. The summed E-state index contributed by atoms with van der Waals surface area (Å²) >= 11 is 6.49. The average molecular weight is 345 g/mol. The highest BCUT2D eigenvalue weighted by Gasteiger charge is 2.16. The highest BCUT2D eigenvalue weighted by Crippen LogP contribution is 2.37. The molecular formula is C15H11N3O3S2. The SMILES string of the molecule is O=C(Nc1nc2cc3c(cc2s1)OCCO3)c1ccc[nH]c1=S. The maximum atomic E-state index is 12.3. The van der Waals surface area contributed by atoms with E-state index >= 15 is 0 Å². The number of fused-ring (bicyclic) bond motifs is 2. The number of aromatic amines is 1. The number of pyridine rings is 1. The van der Waals surface area contributed by atoms with Crippen LogP contribution in [0.1, 0.15) is 10.4 Å². The summed E-state index contributed by atoms with van der Waals surface area (Å²) in [6, 6.07) is 7.10. The first-order chi connectivity index (χ1) is 11.2. The van der Waals surface area contributed by atoms with Gasteiger partial charge in [-0.25, -0.2) is 4.98 Å². The van der Waals surface area contributed by atoms with Crippen molar-refractivity contribution in [2.24, 2.45) is 0 Å². The number of hydrogen-bond acceptors (Lipinski definition) is 6. The number of nitrogens with zero attached hydrogens (tertiary/aromatic N) is 1. The molecular weight excluding hydrogens is 334 g/mol. The first kappa shape index (κ1) is 14.2. The Kier molecular flexibility index (Phi) is 3.47. The number of carbonyl (C=O) groups is 1. The van der Waals surface area contributed by atoms with Crippen LogP contribution in [0.15, 0.2) is 30.5 Å². The molecule has 2 N–H and O–H groups in total. The number of amides is 1. The van der Waals surface area contributed by atoms with Gasteiger partial charge in [-0.2, -0.15) is 0 Å². The van der Waals surface area contributed by atoms with Crippen molar-refractivity contribution in [1.82, 2.24) is 9.97 Å². The molecule has 3 aromatic rings. The summed E-state index contributed by atoms with van der Waals surface area (Å²) < 4.78 is 12.4. The van der Waals surface area contributed by atoms with E-state index in [1.807, 2.05) is 12.1 Å². The minimum atomic E-state index is -0.289. The molecule has 0 unspecified atom stereocenters. The third kappa shape index (κ3) is 2.66. The van der Waals surface area contributed by atoms with E-state index in [1.165, 1.54) is 11.3 Å². The predicted octanol–water partition coefficient (Wildman–Crippen LogP) is 3.38. The standard InChI is InChI=1S/C15H11N3O3S2/c19-13(8-2-1-3-16-14(8)22)18-15-17-9-6-10-11(7-12(9)23-15)21-5-4-20-10/h1-3,6-7H,4-5H2,(H,16,22)(H,17,18,19). The van der Waals surface area contributed by atoms with E-state index in [4.69, 9.17) is 21.7 Å². The maximum absolute atomic E-state index is 12.3. The van der Waals surface area contributed by atoms with Crippen molar-refractivity contribution in [2.45, 2.75) is 0 Å². The zero-order valence-electron chi connectivity index (χ0n) is 11.8. The van der Waals surface area contributed by atoms with Crippen molar-refractivity contribution in [3.05, 3.63) is 40.7 Å². The average Bonchev–Trinajstić information content (AvgIpc) is 2.93. The van der Waals surface area contributed by atoms with Gasteiger partial charge in [0.1, 0.15) is 17.9 Å². The summed E-state index contributed by atoms with van der Waals surface area (Å²) in [5.74, 6) is 1.09. The molecule has 0 fully saturated rings. The number of thiazole rings is 1. The van der Waals surface area contributed by atoms with Gasteiger partial charge in [-0.3, -0.25) is 10.1 Å². The molecule has 1 aliphatic heterocycles. The van der Waals surface area contributed by atoms with E-state index in [0.29, 0.717) is 40.0 Å². The summed E-state index contributed by atoms with van der Waals surface area (Å²) in [6.07, 6.45) is 1.68. The van der Waals surface area contributed by atoms with Crippen LogP contribution in [0, 0.1) is 4.64 Å². The summed E-state index contributed by atoms with van der Waals surface area (Å²) in [6.45, 7) is 1.06. The van der Waals surface area contributed by atoms with E-state index in [2.05, 4.69) is 15.3 Å². The molecule has 0 bridgehead atoms. The highest BCUT2D eigenvalue weighted by molar-refractivity contribution is 7.71. The fourth-order valence-corrected chi connectivity index (χ4v) is 3.38. The van der Waals surface area contributed by atoms with Crippen molar-refractivity contribution in [2.75, 3.05) is 18.5 Å². The minimum Gasteiger partial charge on any atom is -0.486 e. The molecule has 0 atom stereocenters. The van der Waals surface area contributed by atoms with Gasteiger partial charge in [-0.05, 0) is 12.1 Å². The molecule has 4 rings (SSSR count). The molecule has 23 heavy (non-hydrogen) atoms. The first-order valence-corrected chi connectivity index (χ1v) is 8.12. The molecule has 0 radical (unpaired) electrons. The second kappa shape index (κ2) is 5.64. The molecule has 0 saturated heterocycles. The molecule has 116 valence electrons. The monoisotopic (exact) mass is 345 g/mol. The smallest absolute Gasteiger partial charge is 0.260 e. The van der Waals surface area contributed by atoms with Gasteiger partial charge in [-0.15, -0.1) is 0 Å². The van der Waals surface area contributed by atoms with Gasteiger partial charge in [0.15, 0.2) is 16.6 Å². The lowest BCUT2D eigenvalue weighted by Gasteiger charge is -2.17. The number of rotatable bonds is 2. The van der Waals surface area contributed by atoms with Gasteiger partial charge >= 0.3 is 0 Å². The Bertz CT molecular complexity index is 921. The molecule has 0 aliphatic carbocycles. The molecule has 0 saturated carbocycles. The Morgan fingerprint density at radius 3 is 2.87 bits per heavy atom. The van der Waals surface area contributed by atoms with Gasteiger partial charge in [0.2, 0.25) is 0 Å². The van der Waals surface area contributed by atoms with Crippen molar-refractivity contribution in [3.8, 4) is 11.5 Å². The molecule has 6 nitrogen and oxygen atoms in total. The van der Waals surface area contributed by atoms with Crippen LogP contribution < -0.4 is 14.8 Å². The number of ether oxygens (including phenoxy) is 2. The fourth-order valence-electron chi connectivity index (χ4n) is 2.28. The van der Waals surface area contributed by atoms with E-state index in [9.17, 15) is 4.79 Å². The molecule has 1 aliphatic rings. The number of nitrogens with one attached hydrogen (secondary N) is 2. The summed E-state index contributed by atoms with van der Waals surface area (Å²) in [4.78, 5) is 19.5. The van der Waals surface area contributed by atoms with Crippen LogP contribution in [0.3, 0.4) is 0 Å². The van der Waals surface area contributed by atoms with E-state index in [-0.39, 0.29) is 5.91 Å². The van der Waals surface area contributed by atoms with Gasteiger partial charge in [0.25, 0.3) is 5.91 Å². The third-order valence-corrected chi connectivity index (χ3v) is 4.61. The van der Waals surface area contributed by atoms with E-state index in [1.54, 1.807) is 18.3 Å². The lowest BCUT2D eigenvalue weighted by Crippen LogP contribution is -2.15. The Hall–Kier alpha value is -2.45. The Morgan fingerprint density at radius 2 is 2.09 bits per heavy atom. The Labute approximate surface area is 140 Å². The van der Waals surface area contributed by atoms with Gasteiger partial charge in [0.05, 0.1) is 15.8 Å². The Balaban J connectivity index is 1.66. The lowest BCUT2D eigenvalue weighted by molar-refractivity contribution is 0.102. The quantitative estimate of drug-likeness (QED) is 0.697. The lowest BCUT2D eigenvalue weighted by atomic mass is 10.3. The number of anilines is 1. The number of aromatic nitrogens is 2. The normalized spacial score (nSPS) is 13.0. The van der Waals surface area contributed by atoms with Crippen LogP contribution in [-0.4, -0.2) is 29.1 Å². The van der Waals surface area contributed by atoms with Gasteiger partial charge in [-0.1, -0.05) is 23.6 Å². The van der Waals surface area contributed by atoms with Crippen LogP contribution in [0.4, 0.5) is 5.13 Å². The zero-order valence-corrected chi connectivity index (χ0v) is 13.4. The molecule has 0 spiro atoms. The summed E-state index contributed by atoms with van der Waals surface area (Å²) in [5.41, 5.74) is 1.17. The predicted molar refractivity (Wildman–Crippen MR) is 90.2 cm³/mol. The van der Waals surface area contributed by atoms with Crippen LogP contribution in [0.5, 0.6) is 11.5 Å². The molecule has 1 amide bonds. The van der Waals surface area contributed by atoms with Crippen molar-refractivity contribution >= 4 is 44.8 Å². The summed E-state index contributed by atoms with van der Waals surface area (Å²) in [7, 11) is 0. The Morgan fingerprint density at radius 1 is 1.30 bits per heavy atom. The third-order valence-electron chi connectivity index (χ3n) is 3.34. The fraction of sp³-hybridized carbons (Fsp3) is 0.133. The largest absolute Gasteiger partial charge is 0.486 e. The molecule has 1 aromatic carbocycles. The molecule has 8 heteroatoms. The van der Waals surface area contributed by atoms with E-state index < -0.39 is 0 Å². The van der Waals surface area contributed by atoms with Gasteiger partial charge in [0, 0.05) is 18.3 Å². The topological polar surface area (TPSA) is 76.2 Å². The van der Waals surface area contributed by atoms with Crippen LogP contribution in [-0.2, 0) is 0 Å². The van der Waals surface area contributed by atoms with Gasteiger partial charge < -0.3 is 14.5 Å². The van der Waals surface area contributed by atoms with E-state index in [0.717, 1.165) is 10.2 Å². The van der Waals surface area contributed by atoms with Crippen molar-refractivity contribution < 1.29 is 14.3 Å². The van der Waals surface area contributed by atoms with Crippen molar-refractivity contribution in [1.29, 1.82) is 0 Å². The number of hydrogen-bond donors (Lipinski definition) is 2. The number of H-pyrrole nitrogens is 1. The second-order valence-corrected chi connectivity index (χ2v) is 6.29. The van der Waals surface area contributed by atoms with Crippen LogP contribution in [0.2, 0.25) is 0 Å². The maximum Gasteiger partial charge on any atom is 0.260 e. The van der Waals surface area contributed by atoms with Crippen molar-refractivity contribution in [3.63, 3.8) is 0 Å².